The Hall–Kier alpha value is -2.35. The highest BCUT2D eigenvalue weighted by molar-refractivity contribution is 5.83. The first-order valence-corrected chi connectivity index (χ1v) is 5.81. The van der Waals surface area contributed by atoms with Gasteiger partial charge in [-0.15, -0.1) is 0 Å². The Balaban J connectivity index is 2.68. The van der Waals surface area contributed by atoms with E-state index in [2.05, 4.69) is 11.1 Å². The molecule has 1 amide bonds. The van der Waals surface area contributed by atoms with Crippen LogP contribution < -0.4 is 5.73 Å². The van der Waals surface area contributed by atoms with Gasteiger partial charge in [-0.1, -0.05) is 19.1 Å². The van der Waals surface area contributed by atoms with Gasteiger partial charge in [-0.05, 0) is 18.6 Å². The number of benzene rings is 1. The Bertz CT molecular complexity index is 623. The Labute approximate surface area is 105 Å². The van der Waals surface area contributed by atoms with Crippen LogP contribution in [0.25, 0.3) is 11.0 Å². The molecule has 92 valence electrons. The molecule has 18 heavy (non-hydrogen) atoms. The van der Waals surface area contributed by atoms with Gasteiger partial charge in [0.15, 0.2) is 0 Å². The molecule has 0 bridgehead atoms. The number of imidazole rings is 1. The van der Waals surface area contributed by atoms with Crippen LogP contribution in [0.2, 0.25) is 0 Å². The predicted octanol–water partition coefficient (Wildman–Crippen LogP) is 1.54. The van der Waals surface area contributed by atoms with Gasteiger partial charge in [0.2, 0.25) is 5.91 Å². The van der Waals surface area contributed by atoms with Crippen LogP contribution in [0.1, 0.15) is 25.2 Å². The monoisotopic (exact) mass is 242 g/mol. The third-order valence-electron chi connectivity index (χ3n) is 2.93. The van der Waals surface area contributed by atoms with E-state index in [-0.39, 0.29) is 6.42 Å². The van der Waals surface area contributed by atoms with Gasteiger partial charge in [0.1, 0.15) is 11.9 Å². The zero-order chi connectivity index (χ0) is 13.1. The highest BCUT2D eigenvalue weighted by atomic mass is 16.1. The lowest BCUT2D eigenvalue weighted by Crippen LogP contribution is -2.27. The van der Waals surface area contributed by atoms with Gasteiger partial charge in [0, 0.05) is 0 Å². The van der Waals surface area contributed by atoms with Crippen LogP contribution in [0.15, 0.2) is 24.3 Å². The van der Waals surface area contributed by atoms with E-state index in [1.165, 1.54) is 0 Å². The third kappa shape index (κ3) is 1.93. The quantitative estimate of drug-likeness (QED) is 0.882. The molecule has 2 rings (SSSR count). The summed E-state index contributed by atoms with van der Waals surface area (Å²) in [5.41, 5.74) is 7.05. The summed E-state index contributed by atoms with van der Waals surface area (Å²) in [4.78, 5) is 15.9. The first-order chi connectivity index (χ1) is 8.69. The van der Waals surface area contributed by atoms with E-state index in [9.17, 15) is 4.79 Å². The van der Waals surface area contributed by atoms with Gasteiger partial charge in [-0.25, -0.2) is 4.98 Å². The highest BCUT2D eigenvalue weighted by Crippen LogP contribution is 2.23. The van der Waals surface area contributed by atoms with Crippen LogP contribution in [-0.4, -0.2) is 15.5 Å². The second-order valence-electron chi connectivity index (χ2n) is 4.05. The van der Waals surface area contributed by atoms with E-state index in [4.69, 9.17) is 11.0 Å². The van der Waals surface area contributed by atoms with E-state index in [0.717, 1.165) is 11.0 Å². The SMILES string of the molecule is CCC(C(N)=O)n1c(CC#N)nc2ccccc21. The summed E-state index contributed by atoms with van der Waals surface area (Å²) >= 11 is 0. The van der Waals surface area contributed by atoms with Crippen molar-refractivity contribution in [3.05, 3.63) is 30.1 Å². The molecule has 1 atom stereocenters. The molecule has 2 aromatic rings. The fraction of sp³-hybridized carbons (Fsp3) is 0.308. The van der Waals surface area contributed by atoms with E-state index in [0.29, 0.717) is 12.2 Å². The number of carbonyl (C=O) groups is 1. The van der Waals surface area contributed by atoms with Crippen molar-refractivity contribution < 1.29 is 4.79 Å². The van der Waals surface area contributed by atoms with Crippen molar-refractivity contribution in [1.29, 1.82) is 5.26 Å². The van der Waals surface area contributed by atoms with Crippen LogP contribution in [-0.2, 0) is 11.2 Å². The zero-order valence-electron chi connectivity index (χ0n) is 10.1. The Kier molecular flexibility index (Phi) is 3.28. The van der Waals surface area contributed by atoms with Crippen molar-refractivity contribution in [2.24, 2.45) is 5.73 Å². The number of nitrogens with zero attached hydrogens (tertiary/aromatic N) is 3. The summed E-state index contributed by atoms with van der Waals surface area (Å²) in [6.07, 6.45) is 0.743. The molecule has 0 spiro atoms. The van der Waals surface area contributed by atoms with Crippen LogP contribution in [0.5, 0.6) is 0 Å². The number of hydrogen-bond acceptors (Lipinski definition) is 3. The standard InChI is InChI=1S/C13H14N4O/c1-2-10(13(15)18)17-11-6-4-3-5-9(11)16-12(17)7-8-14/h3-6,10H,2,7H2,1H3,(H2,15,18). The van der Waals surface area contributed by atoms with E-state index < -0.39 is 11.9 Å². The predicted molar refractivity (Wildman–Crippen MR) is 67.6 cm³/mol. The molecule has 0 aliphatic carbocycles. The normalized spacial score (nSPS) is 12.2. The summed E-state index contributed by atoms with van der Waals surface area (Å²) in [5.74, 6) is 0.184. The first-order valence-electron chi connectivity index (χ1n) is 5.81. The number of para-hydroxylation sites is 2. The minimum Gasteiger partial charge on any atom is -0.368 e. The van der Waals surface area contributed by atoms with Crippen LogP contribution in [0.4, 0.5) is 0 Å². The Morgan fingerprint density at radius 2 is 2.28 bits per heavy atom. The number of fused-ring (bicyclic) bond motifs is 1. The number of hydrogen-bond donors (Lipinski definition) is 1. The average Bonchev–Trinajstić information content (AvgIpc) is 2.69. The largest absolute Gasteiger partial charge is 0.368 e. The highest BCUT2D eigenvalue weighted by Gasteiger charge is 2.21. The second kappa shape index (κ2) is 4.88. The molecule has 0 saturated carbocycles. The van der Waals surface area contributed by atoms with Crippen LogP contribution in [0, 0.1) is 11.3 Å². The van der Waals surface area contributed by atoms with E-state index in [1.807, 2.05) is 31.2 Å². The van der Waals surface area contributed by atoms with E-state index >= 15 is 0 Å². The number of nitrogens with two attached hydrogens (primary N) is 1. The van der Waals surface area contributed by atoms with Crippen molar-refractivity contribution in [3.63, 3.8) is 0 Å². The van der Waals surface area contributed by atoms with Gasteiger partial charge in [0.25, 0.3) is 0 Å². The lowest BCUT2D eigenvalue weighted by Gasteiger charge is -2.16. The van der Waals surface area contributed by atoms with Crippen molar-refractivity contribution >= 4 is 16.9 Å². The summed E-state index contributed by atoms with van der Waals surface area (Å²) in [6, 6.07) is 9.11. The van der Waals surface area contributed by atoms with Gasteiger partial charge in [-0.3, -0.25) is 4.79 Å². The summed E-state index contributed by atoms with van der Waals surface area (Å²) in [7, 11) is 0. The number of nitriles is 1. The maximum Gasteiger partial charge on any atom is 0.240 e. The van der Waals surface area contributed by atoms with Crippen LogP contribution in [0.3, 0.4) is 0 Å². The average molecular weight is 242 g/mol. The zero-order valence-corrected chi connectivity index (χ0v) is 10.1. The summed E-state index contributed by atoms with van der Waals surface area (Å²) in [6.45, 7) is 1.89. The minimum atomic E-state index is -0.458. The number of rotatable bonds is 4. The molecule has 0 saturated heterocycles. The molecule has 1 unspecified atom stereocenters. The molecule has 1 aromatic heterocycles. The second-order valence-corrected chi connectivity index (χ2v) is 4.05. The van der Waals surface area contributed by atoms with Gasteiger partial charge in [-0.2, -0.15) is 5.26 Å². The molecular weight excluding hydrogens is 228 g/mol. The van der Waals surface area contributed by atoms with Crippen molar-refractivity contribution in [3.8, 4) is 6.07 Å². The maximum atomic E-state index is 11.5. The molecule has 0 aliphatic heterocycles. The topological polar surface area (TPSA) is 84.7 Å². The molecular formula is C13H14N4O. The maximum absolute atomic E-state index is 11.5. The smallest absolute Gasteiger partial charge is 0.240 e. The van der Waals surface area contributed by atoms with Crippen molar-refractivity contribution in [2.75, 3.05) is 0 Å². The van der Waals surface area contributed by atoms with Gasteiger partial charge >= 0.3 is 0 Å². The molecule has 0 radical (unpaired) electrons. The fourth-order valence-electron chi connectivity index (χ4n) is 2.15. The van der Waals surface area contributed by atoms with Crippen molar-refractivity contribution in [1.82, 2.24) is 9.55 Å². The van der Waals surface area contributed by atoms with E-state index in [1.54, 1.807) is 4.57 Å². The number of amides is 1. The van der Waals surface area contributed by atoms with Gasteiger partial charge < -0.3 is 10.3 Å². The third-order valence-corrected chi connectivity index (χ3v) is 2.93. The van der Waals surface area contributed by atoms with Crippen LogP contribution >= 0.6 is 0 Å². The number of carbonyl (C=O) groups excluding carboxylic acids is 1. The molecule has 0 fully saturated rings. The first kappa shape index (κ1) is 12.1. The lowest BCUT2D eigenvalue weighted by atomic mass is 10.2. The Morgan fingerprint density at radius 1 is 1.56 bits per heavy atom. The number of aromatic nitrogens is 2. The summed E-state index contributed by atoms with van der Waals surface area (Å²) in [5, 5.41) is 8.84. The van der Waals surface area contributed by atoms with Crippen molar-refractivity contribution in [2.45, 2.75) is 25.8 Å². The lowest BCUT2D eigenvalue weighted by molar-refractivity contribution is -0.121. The Morgan fingerprint density at radius 3 is 2.89 bits per heavy atom. The van der Waals surface area contributed by atoms with Gasteiger partial charge in [0.05, 0.1) is 23.5 Å². The molecule has 5 nitrogen and oxygen atoms in total. The fourth-order valence-corrected chi connectivity index (χ4v) is 2.15. The summed E-state index contributed by atoms with van der Waals surface area (Å²) < 4.78 is 1.78. The molecule has 5 heteroatoms. The molecule has 2 N–H and O–H groups in total. The minimum absolute atomic E-state index is 0.165. The number of primary amides is 1. The molecule has 1 aromatic carbocycles. The molecule has 0 aliphatic rings. The molecule has 1 heterocycles.